The maximum atomic E-state index is 11.0. The molecule has 0 radical (unpaired) electrons. The first-order chi connectivity index (χ1) is 6.98. The first-order valence-corrected chi connectivity index (χ1v) is 5.91. The fourth-order valence-electron chi connectivity index (χ4n) is 2.07. The lowest BCUT2D eigenvalue weighted by molar-refractivity contribution is -0.909. The summed E-state index contributed by atoms with van der Waals surface area (Å²) in [7, 11) is 4.33. The van der Waals surface area contributed by atoms with Crippen LogP contribution in [0.2, 0.25) is 0 Å². The zero-order chi connectivity index (χ0) is 11.1. The van der Waals surface area contributed by atoms with Gasteiger partial charge in [-0.3, -0.25) is 4.79 Å². The van der Waals surface area contributed by atoms with Crippen molar-refractivity contribution in [3.63, 3.8) is 0 Å². The van der Waals surface area contributed by atoms with E-state index in [4.69, 9.17) is 4.74 Å². The quantitative estimate of drug-likeness (QED) is 0.366. The van der Waals surface area contributed by atoms with E-state index in [2.05, 4.69) is 25.5 Å². The lowest BCUT2D eigenvalue weighted by atomic mass is 10.0. The zero-order valence-corrected chi connectivity index (χ0v) is 12.7. The number of carbonyl (C=O) groups is 1. The van der Waals surface area contributed by atoms with E-state index in [1.807, 2.05) is 0 Å². The van der Waals surface area contributed by atoms with Gasteiger partial charge in [0.1, 0.15) is 13.1 Å². The molecule has 0 aliphatic carbocycles. The molecule has 1 aromatic heterocycles. The second-order valence-corrected chi connectivity index (χ2v) is 5.67. The normalized spacial score (nSPS) is 21.8. The van der Waals surface area contributed by atoms with Gasteiger partial charge in [-0.1, -0.05) is 0 Å². The van der Waals surface area contributed by atoms with Gasteiger partial charge in [-0.2, -0.15) is 0 Å². The number of nitrogens with zero attached hydrogens (tertiary/aromatic N) is 1. The van der Waals surface area contributed by atoms with Gasteiger partial charge in [0.15, 0.2) is 6.10 Å². The number of quaternary nitrogens is 1. The van der Waals surface area contributed by atoms with Crippen LogP contribution in [0.4, 0.5) is 0 Å². The van der Waals surface area contributed by atoms with Crippen molar-refractivity contribution in [1.82, 2.24) is 0 Å². The van der Waals surface area contributed by atoms with E-state index in [9.17, 15) is 4.79 Å². The molecule has 0 spiro atoms. The highest BCUT2D eigenvalue weighted by Crippen LogP contribution is 2.34. The van der Waals surface area contributed by atoms with Gasteiger partial charge >= 0.3 is 5.97 Å². The largest absolute Gasteiger partial charge is 1.00 e. The summed E-state index contributed by atoms with van der Waals surface area (Å²) in [5, 5.41) is 2.08. The van der Waals surface area contributed by atoms with Gasteiger partial charge in [0, 0.05) is 12.5 Å². The van der Waals surface area contributed by atoms with Gasteiger partial charge < -0.3 is 33.2 Å². The van der Waals surface area contributed by atoms with Crippen LogP contribution in [0, 0.1) is 0 Å². The molecule has 1 unspecified atom stereocenters. The van der Waals surface area contributed by atoms with E-state index in [-0.39, 0.29) is 36.0 Å². The molecule has 90 valence electrons. The third-order valence-electron chi connectivity index (χ3n) is 2.67. The summed E-state index contributed by atoms with van der Waals surface area (Å²) in [5.74, 6) is -0.195. The lowest BCUT2D eigenvalue weighted by Gasteiger charge is -2.37. The van der Waals surface area contributed by atoms with Crippen LogP contribution in [0.15, 0.2) is 11.4 Å². The number of rotatable bonds is 1. The van der Waals surface area contributed by atoms with Crippen LogP contribution in [0.1, 0.15) is 23.5 Å². The predicted molar refractivity (Wildman–Crippen MR) is 59.5 cm³/mol. The molecule has 2 rings (SSSR count). The molecule has 0 aromatic carbocycles. The van der Waals surface area contributed by atoms with E-state index in [1.165, 1.54) is 17.4 Å². The van der Waals surface area contributed by atoms with Crippen molar-refractivity contribution in [3.05, 3.63) is 21.9 Å². The van der Waals surface area contributed by atoms with E-state index in [0.717, 1.165) is 17.6 Å². The molecule has 1 aromatic rings. The van der Waals surface area contributed by atoms with Crippen molar-refractivity contribution in [3.8, 4) is 0 Å². The fourth-order valence-corrected chi connectivity index (χ4v) is 3.21. The van der Waals surface area contributed by atoms with Gasteiger partial charge in [-0.05, 0) is 11.4 Å². The Hall–Kier alpha value is -0.140. The molecule has 5 heteroatoms. The molecule has 0 saturated heterocycles. The van der Waals surface area contributed by atoms with Gasteiger partial charge in [0.05, 0.1) is 19.0 Å². The predicted octanol–water partition coefficient (Wildman–Crippen LogP) is -1.05. The summed E-state index contributed by atoms with van der Waals surface area (Å²) in [6, 6.07) is 2.08. The zero-order valence-electron chi connectivity index (χ0n) is 9.70. The molecule has 3 nitrogen and oxygen atoms in total. The molecule has 0 bridgehead atoms. The van der Waals surface area contributed by atoms with Crippen molar-refractivity contribution in [2.24, 2.45) is 0 Å². The Morgan fingerprint density at radius 1 is 1.56 bits per heavy atom. The van der Waals surface area contributed by atoms with Crippen LogP contribution >= 0.6 is 11.3 Å². The number of ether oxygens (including phenoxy) is 1. The number of fused-ring (bicyclic) bond motifs is 1. The highest BCUT2D eigenvalue weighted by Gasteiger charge is 2.34. The number of esters is 1. The van der Waals surface area contributed by atoms with E-state index >= 15 is 0 Å². The average molecular weight is 353 g/mol. The smallest absolute Gasteiger partial charge is 0.303 e. The Morgan fingerprint density at radius 2 is 2.25 bits per heavy atom. The second kappa shape index (κ2) is 5.01. The summed E-state index contributed by atoms with van der Waals surface area (Å²) in [5.41, 5.74) is 1.20. The van der Waals surface area contributed by atoms with Gasteiger partial charge in [-0.25, -0.2) is 0 Å². The summed E-state index contributed by atoms with van der Waals surface area (Å²) in [4.78, 5) is 12.4. The molecule has 0 saturated carbocycles. The van der Waals surface area contributed by atoms with Crippen molar-refractivity contribution >= 4 is 17.3 Å². The first kappa shape index (κ1) is 13.9. The summed E-state index contributed by atoms with van der Waals surface area (Å²) < 4.78 is 6.24. The molecular formula is C11H16INO2S. The molecule has 1 atom stereocenters. The van der Waals surface area contributed by atoms with Crippen molar-refractivity contribution in [2.45, 2.75) is 19.6 Å². The number of halogens is 1. The molecule has 0 fully saturated rings. The Balaban J connectivity index is 0.00000128. The standard InChI is InChI=1S/C11H16NO2S.HI/c1-8(13)14-10-6-12(2,3)7-11-9(10)4-5-15-11;/h4-5,10H,6-7H2,1-3H3;1H/q+1;/p-1. The van der Waals surface area contributed by atoms with Crippen molar-refractivity contribution in [2.75, 3.05) is 20.6 Å². The molecular weight excluding hydrogens is 337 g/mol. The number of hydrogen-bond acceptors (Lipinski definition) is 3. The van der Waals surface area contributed by atoms with Gasteiger partial charge in [0.2, 0.25) is 0 Å². The van der Waals surface area contributed by atoms with E-state index in [1.54, 1.807) is 11.3 Å². The first-order valence-electron chi connectivity index (χ1n) is 5.03. The Kier molecular flexibility index (Phi) is 4.36. The lowest BCUT2D eigenvalue weighted by Crippen LogP contribution is -3.00. The summed E-state index contributed by atoms with van der Waals surface area (Å²) >= 11 is 1.75. The van der Waals surface area contributed by atoms with E-state index in [0.29, 0.717) is 0 Å². The highest BCUT2D eigenvalue weighted by molar-refractivity contribution is 7.10. The Bertz CT molecular complexity index is 389. The monoisotopic (exact) mass is 353 g/mol. The average Bonchev–Trinajstić information content (AvgIpc) is 2.48. The van der Waals surface area contributed by atoms with Crippen LogP contribution in [0.3, 0.4) is 0 Å². The minimum atomic E-state index is -0.195. The minimum Gasteiger partial charge on any atom is -1.00 e. The molecule has 0 N–H and O–H groups in total. The molecule has 2 heterocycles. The Labute approximate surface area is 117 Å². The van der Waals surface area contributed by atoms with Crippen molar-refractivity contribution in [1.29, 1.82) is 0 Å². The fraction of sp³-hybridized carbons (Fsp3) is 0.545. The number of hydrogen-bond donors (Lipinski definition) is 0. The maximum Gasteiger partial charge on any atom is 0.303 e. The molecule has 1 aliphatic rings. The number of likely N-dealkylation sites (N-methyl/N-ethyl adjacent to an activating group) is 1. The van der Waals surface area contributed by atoms with E-state index < -0.39 is 0 Å². The third-order valence-corrected chi connectivity index (χ3v) is 3.59. The van der Waals surface area contributed by atoms with Crippen LogP contribution < -0.4 is 24.0 Å². The number of thiophene rings is 1. The summed E-state index contributed by atoms with van der Waals surface area (Å²) in [6.07, 6.45) is -0.0625. The molecule has 0 amide bonds. The molecule has 1 aliphatic heterocycles. The maximum absolute atomic E-state index is 11.0. The molecule has 16 heavy (non-hydrogen) atoms. The van der Waals surface area contributed by atoms with Crippen LogP contribution in [0.5, 0.6) is 0 Å². The summed E-state index contributed by atoms with van der Waals surface area (Å²) in [6.45, 7) is 3.37. The Morgan fingerprint density at radius 3 is 2.88 bits per heavy atom. The number of carbonyl (C=O) groups excluding carboxylic acids is 1. The third kappa shape index (κ3) is 2.95. The SMILES string of the molecule is CC(=O)OC1C[N+](C)(C)Cc2sccc21.[I-]. The van der Waals surface area contributed by atoms with Crippen LogP contribution in [0.25, 0.3) is 0 Å². The van der Waals surface area contributed by atoms with Crippen LogP contribution in [-0.4, -0.2) is 31.1 Å². The van der Waals surface area contributed by atoms with Gasteiger partial charge in [0.25, 0.3) is 0 Å². The minimum absolute atomic E-state index is 0. The second-order valence-electron chi connectivity index (χ2n) is 4.67. The van der Waals surface area contributed by atoms with Crippen molar-refractivity contribution < 1.29 is 38.0 Å². The van der Waals surface area contributed by atoms with Crippen LogP contribution in [-0.2, 0) is 16.1 Å². The topological polar surface area (TPSA) is 26.3 Å². The highest BCUT2D eigenvalue weighted by atomic mass is 127. The van der Waals surface area contributed by atoms with Gasteiger partial charge in [-0.15, -0.1) is 11.3 Å².